The van der Waals surface area contributed by atoms with Gasteiger partial charge < -0.3 is 20.1 Å². The van der Waals surface area contributed by atoms with Crippen LogP contribution < -0.4 is 10.1 Å². The van der Waals surface area contributed by atoms with Crippen molar-refractivity contribution >= 4 is 29.5 Å². The fraction of sp³-hybridized carbons (Fsp3) is 0.500. The van der Waals surface area contributed by atoms with Crippen LogP contribution in [0.15, 0.2) is 24.3 Å². The number of hydrogen-bond acceptors (Lipinski definition) is 5. The van der Waals surface area contributed by atoms with Gasteiger partial charge in [0.15, 0.2) is 0 Å². The number of thioether (sulfide) groups is 1. The first-order valence-electron chi connectivity index (χ1n) is 8.49. The molecule has 2 amide bonds. The fourth-order valence-corrected chi connectivity index (χ4v) is 3.95. The summed E-state index contributed by atoms with van der Waals surface area (Å²) in [6.07, 6.45) is 0.303. The van der Waals surface area contributed by atoms with Gasteiger partial charge >= 0.3 is 5.97 Å². The molecule has 0 spiro atoms. The second-order valence-electron chi connectivity index (χ2n) is 6.07. The van der Waals surface area contributed by atoms with Gasteiger partial charge in [0.1, 0.15) is 11.8 Å². The van der Waals surface area contributed by atoms with Gasteiger partial charge in [-0.1, -0.05) is 12.1 Å². The zero-order valence-electron chi connectivity index (χ0n) is 14.9. The van der Waals surface area contributed by atoms with E-state index in [1.165, 1.54) is 23.6 Å². The van der Waals surface area contributed by atoms with Crippen molar-refractivity contribution in [2.24, 2.45) is 5.92 Å². The maximum Gasteiger partial charge on any atom is 0.308 e. The predicted octanol–water partition coefficient (Wildman–Crippen LogP) is 1.37. The maximum absolute atomic E-state index is 12.3. The number of hydrogen-bond donors (Lipinski definition) is 2. The fourth-order valence-electron chi connectivity index (χ4n) is 2.73. The number of carbonyl (C=O) groups excluding carboxylic acids is 2. The summed E-state index contributed by atoms with van der Waals surface area (Å²) >= 11 is 1.51. The van der Waals surface area contributed by atoms with Gasteiger partial charge in [0.25, 0.3) is 0 Å². The number of rotatable bonds is 8. The van der Waals surface area contributed by atoms with Crippen molar-refractivity contribution in [3.8, 4) is 5.75 Å². The molecule has 1 aliphatic heterocycles. The summed E-state index contributed by atoms with van der Waals surface area (Å²) in [5.41, 5.74) is 0.858. The van der Waals surface area contributed by atoms with Crippen LogP contribution in [0, 0.1) is 5.92 Å². The number of benzene rings is 1. The van der Waals surface area contributed by atoms with Gasteiger partial charge in [-0.15, -0.1) is 11.8 Å². The highest BCUT2D eigenvalue weighted by molar-refractivity contribution is 7.99. The van der Waals surface area contributed by atoms with Crippen LogP contribution in [0.1, 0.15) is 19.4 Å². The van der Waals surface area contributed by atoms with Gasteiger partial charge in [-0.3, -0.25) is 14.4 Å². The van der Waals surface area contributed by atoms with E-state index in [1.54, 1.807) is 12.1 Å². The summed E-state index contributed by atoms with van der Waals surface area (Å²) < 4.78 is 5.37. The van der Waals surface area contributed by atoms with E-state index in [-0.39, 0.29) is 18.4 Å². The molecule has 26 heavy (non-hydrogen) atoms. The smallest absolute Gasteiger partial charge is 0.308 e. The predicted molar refractivity (Wildman–Crippen MR) is 99.1 cm³/mol. The van der Waals surface area contributed by atoms with Gasteiger partial charge in [0.05, 0.1) is 18.4 Å². The zero-order chi connectivity index (χ0) is 19.1. The summed E-state index contributed by atoms with van der Waals surface area (Å²) in [7, 11) is 0. The molecule has 2 atom stereocenters. The van der Waals surface area contributed by atoms with Crippen molar-refractivity contribution < 1.29 is 24.2 Å². The molecule has 0 saturated carbocycles. The van der Waals surface area contributed by atoms with Crippen molar-refractivity contribution in [3.63, 3.8) is 0 Å². The van der Waals surface area contributed by atoms with Crippen molar-refractivity contribution in [2.45, 2.75) is 26.3 Å². The third-order valence-electron chi connectivity index (χ3n) is 4.18. The molecule has 0 bridgehead atoms. The number of aliphatic carboxylic acids is 1. The van der Waals surface area contributed by atoms with E-state index in [4.69, 9.17) is 4.74 Å². The van der Waals surface area contributed by atoms with Gasteiger partial charge in [-0.25, -0.2) is 0 Å². The molecular weight excluding hydrogens is 356 g/mol. The van der Waals surface area contributed by atoms with Crippen LogP contribution in [0.25, 0.3) is 0 Å². The summed E-state index contributed by atoms with van der Waals surface area (Å²) in [6.45, 7) is 3.92. The Bertz CT molecular complexity index is 649. The Morgan fingerprint density at radius 3 is 2.62 bits per heavy atom. The van der Waals surface area contributed by atoms with Crippen LogP contribution in [-0.2, 0) is 20.8 Å². The van der Waals surface area contributed by atoms with Crippen molar-refractivity contribution in [1.29, 1.82) is 0 Å². The third kappa shape index (κ3) is 5.39. The van der Waals surface area contributed by atoms with Crippen LogP contribution in [0.3, 0.4) is 0 Å². The standard InChI is InChI=1S/C18H24N2O5S/c1-3-25-15-6-4-13(5-7-15)8-14(18(23)24)9-19-17(22)16-10-26-11-20(16)12(2)21/h4-7,14,16H,3,8-11H2,1-2H3,(H,19,22)(H,23,24)/t14-,16+/m0/s1. The molecule has 1 heterocycles. The van der Waals surface area contributed by atoms with Crippen LogP contribution >= 0.6 is 11.8 Å². The van der Waals surface area contributed by atoms with E-state index in [1.807, 2.05) is 19.1 Å². The highest BCUT2D eigenvalue weighted by Gasteiger charge is 2.33. The van der Waals surface area contributed by atoms with E-state index in [2.05, 4.69) is 5.32 Å². The lowest BCUT2D eigenvalue weighted by Gasteiger charge is -2.22. The monoisotopic (exact) mass is 380 g/mol. The van der Waals surface area contributed by atoms with E-state index in [0.717, 1.165) is 11.3 Å². The van der Waals surface area contributed by atoms with Crippen molar-refractivity contribution in [1.82, 2.24) is 10.2 Å². The number of nitrogens with one attached hydrogen (secondary N) is 1. The molecule has 0 unspecified atom stereocenters. The molecule has 0 radical (unpaired) electrons. The molecule has 1 aromatic carbocycles. The van der Waals surface area contributed by atoms with Crippen LogP contribution in [0.2, 0.25) is 0 Å². The first-order chi connectivity index (χ1) is 12.4. The Hall–Kier alpha value is -2.22. The largest absolute Gasteiger partial charge is 0.494 e. The Morgan fingerprint density at radius 2 is 2.04 bits per heavy atom. The van der Waals surface area contributed by atoms with Gasteiger partial charge in [-0.2, -0.15) is 0 Å². The number of amides is 2. The van der Waals surface area contributed by atoms with Gasteiger partial charge in [0, 0.05) is 19.2 Å². The van der Waals surface area contributed by atoms with E-state index in [9.17, 15) is 19.5 Å². The first-order valence-corrected chi connectivity index (χ1v) is 9.65. The summed E-state index contributed by atoms with van der Waals surface area (Å²) in [5, 5.41) is 12.1. The lowest BCUT2D eigenvalue weighted by atomic mass is 9.99. The van der Waals surface area contributed by atoms with Crippen LogP contribution in [-0.4, -0.2) is 58.6 Å². The van der Waals surface area contributed by atoms with Crippen LogP contribution in [0.4, 0.5) is 0 Å². The molecule has 0 aliphatic carbocycles. The second-order valence-corrected chi connectivity index (χ2v) is 7.07. The minimum atomic E-state index is -0.969. The number of carboxylic acids is 1. The third-order valence-corrected chi connectivity index (χ3v) is 5.19. The lowest BCUT2D eigenvalue weighted by molar-refractivity contribution is -0.142. The Labute approximate surface area is 157 Å². The lowest BCUT2D eigenvalue weighted by Crippen LogP contribution is -2.48. The Morgan fingerprint density at radius 1 is 1.35 bits per heavy atom. The molecule has 7 nitrogen and oxygen atoms in total. The molecule has 0 aromatic heterocycles. The normalized spacial score (nSPS) is 17.6. The minimum absolute atomic E-state index is 0.0221. The van der Waals surface area contributed by atoms with E-state index in [0.29, 0.717) is 24.7 Å². The van der Waals surface area contributed by atoms with Crippen LogP contribution in [0.5, 0.6) is 5.75 Å². The van der Waals surface area contributed by atoms with Gasteiger partial charge in [-0.05, 0) is 31.0 Å². The zero-order valence-corrected chi connectivity index (χ0v) is 15.8. The van der Waals surface area contributed by atoms with E-state index >= 15 is 0 Å². The molecule has 1 aliphatic rings. The van der Waals surface area contributed by atoms with Gasteiger partial charge in [0.2, 0.25) is 11.8 Å². The Kier molecular flexibility index (Phi) is 7.32. The summed E-state index contributed by atoms with van der Waals surface area (Å²) in [4.78, 5) is 36.9. The summed E-state index contributed by atoms with van der Waals surface area (Å²) in [5.74, 6) is -0.411. The average Bonchev–Trinajstić information content (AvgIpc) is 3.10. The molecular formula is C18H24N2O5S. The number of carboxylic acid groups (broad SMARTS) is 1. The maximum atomic E-state index is 12.3. The second kappa shape index (κ2) is 9.47. The average molecular weight is 380 g/mol. The van der Waals surface area contributed by atoms with Crippen molar-refractivity contribution in [3.05, 3.63) is 29.8 Å². The molecule has 1 fully saturated rings. The topological polar surface area (TPSA) is 95.9 Å². The molecule has 1 saturated heterocycles. The summed E-state index contributed by atoms with van der Waals surface area (Å²) in [6, 6.07) is 6.73. The number of nitrogens with zero attached hydrogens (tertiary/aromatic N) is 1. The highest BCUT2D eigenvalue weighted by atomic mass is 32.2. The number of ether oxygens (including phenoxy) is 1. The highest BCUT2D eigenvalue weighted by Crippen LogP contribution is 2.21. The molecule has 2 N–H and O–H groups in total. The minimum Gasteiger partial charge on any atom is -0.494 e. The number of carbonyl (C=O) groups is 3. The van der Waals surface area contributed by atoms with Crippen molar-refractivity contribution in [2.75, 3.05) is 24.8 Å². The molecule has 2 rings (SSSR count). The SMILES string of the molecule is CCOc1ccc(C[C@@H](CNC(=O)[C@H]2CSCN2C(C)=O)C(=O)O)cc1. The molecule has 1 aromatic rings. The van der Waals surface area contributed by atoms with E-state index < -0.39 is 17.9 Å². The first kappa shape index (κ1) is 20.1. The Balaban J connectivity index is 1.92. The molecule has 142 valence electrons. The quantitative estimate of drug-likeness (QED) is 0.707. The molecule has 8 heteroatoms.